The third-order valence-corrected chi connectivity index (χ3v) is 2.16. The standard InChI is InChI=1S/C9H9ClN4O2/c10-7-2-12-14(3-7)4-8-1-6(5-16-8)9(15)13-11/h1-3,5H,4,11H2,(H,13,15). The average Bonchev–Trinajstić information content (AvgIpc) is 2.87. The Morgan fingerprint density at radius 1 is 1.69 bits per heavy atom. The van der Waals surface area contributed by atoms with E-state index in [2.05, 4.69) is 5.10 Å². The summed E-state index contributed by atoms with van der Waals surface area (Å²) in [6.45, 7) is 0.407. The predicted octanol–water partition coefficient (Wildman–Crippen LogP) is 0.781. The number of hydrazine groups is 1. The molecule has 2 rings (SSSR count). The quantitative estimate of drug-likeness (QED) is 0.472. The molecule has 3 N–H and O–H groups in total. The molecule has 0 aliphatic rings. The minimum absolute atomic E-state index is 0.371. The minimum atomic E-state index is -0.395. The Labute approximate surface area is 95.9 Å². The van der Waals surface area contributed by atoms with Crippen LogP contribution < -0.4 is 11.3 Å². The Hall–Kier alpha value is -1.79. The minimum Gasteiger partial charge on any atom is -0.467 e. The normalized spacial score (nSPS) is 10.4. The van der Waals surface area contributed by atoms with Gasteiger partial charge in [-0.25, -0.2) is 5.84 Å². The molecule has 0 radical (unpaired) electrons. The number of rotatable bonds is 3. The Kier molecular flexibility index (Phi) is 2.93. The van der Waals surface area contributed by atoms with Crippen LogP contribution in [0.2, 0.25) is 5.02 Å². The summed E-state index contributed by atoms with van der Waals surface area (Å²) in [5.74, 6) is 5.19. The van der Waals surface area contributed by atoms with E-state index in [1.54, 1.807) is 16.9 Å². The topological polar surface area (TPSA) is 86.1 Å². The van der Waals surface area contributed by atoms with Crippen LogP contribution in [0, 0.1) is 0 Å². The molecule has 0 spiro atoms. The summed E-state index contributed by atoms with van der Waals surface area (Å²) in [5.41, 5.74) is 2.39. The molecule has 16 heavy (non-hydrogen) atoms. The highest BCUT2D eigenvalue weighted by atomic mass is 35.5. The molecule has 0 bridgehead atoms. The van der Waals surface area contributed by atoms with Crippen LogP contribution in [0.3, 0.4) is 0 Å². The third kappa shape index (κ3) is 2.23. The number of nitrogens with one attached hydrogen (secondary N) is 1. The van der Waals surface area contributed by atoms with E-state index in [4.69, 9.17) is 21.9 Å². The van der Waals surface area contributed by atoms with Crippen molar-refractivity contribution in [3.63, 3.8) is 0 Å². The van der Waals surface area contributed by atoms with Gasteiger partial charge in [-0.2, -0.15) is 5.10 Å². The van der Waals surface area contributed by atoms with Crippen LogP contribution >= 0.6 is 11.6 Å². The molecule has 2 aromatic heterocycles. The second kappa shape index (κ2) is 4.38. The first-order valence-electron chi connectivity index (χ1n) is 4.45. The monoisotopic (exact) mass is 240 g/mol. The van der Waals surface area contributed by atoms with Crippen LogP contribution in [0.5, 0.6) is 0 Å². The lowest BCUT2D eigenvalue weighted by Crippen LogP contribution is -2.29. The van der Waals surface area contributed by atoms with Gasteiger partial charge in [0.2, 0.25) is 0 Å². The molecule has 0 fully saturated rings. The van der Waals surface area contributed by atoms with Crippen molar-refractivity contribution in [2.24, 2.45) is 5.84 Å². The van der Waals surface area contributed by atoms with E-state index in [1.807, 2.05) is 5.43 Å². The van der Waals surface area contributed by atoms with E-state index in [1.165, 1.54) is 12.5 Å². The smallest absolute Gasteiger partial charge is 0.268 e. The summed E-state index contributed by atoms with van der Waals surface area (Å²) in [5, 5.41) is 4.53. The van der Waals surface area contributed by atoms with Gasteiger partial charge >= 0.3 is 0 Å². The van der Waals surface area contributed by atoms with Crippen molar-refractivity contribution >= 4 is 17.5 Å². The fraction of sp³-hybridized carbons (Fsp3) is 0.111. The molecule has 0 aliphatic heterocycles. The largest absolute Gasteiger partial charge is 0.467 e. The van der Waals surface area contributed by atoms with E-state index in [0.29, 0.717) is 22.9 Å². The van der Waals surface area contributed by atoms with Gasteiger partial charge in [0.05, 0.1) is 23.3 Å². The molecule has 0 saturated carbocycles. The van der Waals surface area contributed by atoms with Gasteiger partial charge in [-0.1, -0.05) is 11.6 Å². The molecule has 2 heterocycles. The van der Waals surface area contributed by atoms with Gasteiger partial charge in [0, 0.05) is 6.20 Å². The number of nitrogens with two attached hydrogens (primary N) is 1. The van der Waals surface area contributed by atoms with E-state index in [0.717, 1.165) is 0 Å². The average molecular weight is 241 g/mol. The van der Waals surface area contributed by atoms with Crippen molar-refractivity contribution in [1.29, 1.82) is 0 Å². The number of aromatic nitrogens is 2. The van der Waals surface area contributed by atoms with Crippen molar-refractivity contribution in [2.75, 3.05) is 0 Å². The van der Waals surface area contributed by atoms with Gasteiger partial charge in [0.15, 0.2) is 0 Å². The summed E-state index contributed by atoms with van der Waals surface area (Å²) in [7, 11) is 0. The van der Waals surface area contributed by atoms with Crippen LogP contribution in [0.4, 0.5) is 0 Å². The SMILES string of the molecule is NNC(=O)c1coc(Cn2cc(Cl)cn2)c1. The number of hydrogen-bond donors (Lipinski definition) is 2. The lowest BCUT2D eigenvalue weighted by molar-refractivity contribution is 0.0953. The number of halogens is 1. The van der Waals surface area contributed by atoms with Crippen molar-refractivity contribution in [2.45, 2.75) is 6.54 Å². The van der Waals surface area contributed by atoms with Crippen molar-refractivity contribution in [3.05, 3.63) is 41.1 Å². The number of amides is 1. The zero-order valence-corrected chi connectivity index (χ0v) is 8.94. The molecule has 6 nitrogen and oxygen atoms in total. The highest BCUT2D eigenvalue weighted by Gasteiger charge is 2.09. The maximum Gasteiger partial charge on any atom is 0.268 e. The van der Waals surface area contributed by atoms with E-state index in [-0.39, 0.29) is 0 Å². The van der Waals surface area contributed by atoms with Gasteiger partial charge < -0.3 is 4.42 Å². The van der Waals surface area contributed by atoms with Crippen LogP contribution in [0.25, 0.3) is 0 Å². The van der Waals surface area contributed by atoms with Gasteiger partial charge in [0.1, 0.15) is 12.0 Å². The zero-order valence-electron chi connectivity index (χ0n) is 8.18. The van der Waals surface area contributed by atoms with Crippen LogP contribution in [0.15, 0.2) is 29.1 Å². The number of hydrogen-bond acceptors (Lipinski definition) is 4. The second-order valence-corrected chi connectivity index (χ2v) is 3.57. The number of carbonyl (C=O) groups is 1. The Bertz CT molecular complexity index is 505. The van der Waals surface area contributed by atoms with Crippen LogP contribution in [-0.4, -0.2) is 15.7 Å². The molecule has 1 amide bonds. The van der Waals surface area contributed by atoms with Crippen LogP contribution in [0.1, 0.15) is 16.1 Å². The highest BCUT2D eigenvalue weighted by molar-refractivity contribution is 6.30. The van der Waals surface area contributed by atoms with Gasteiger partial charge in [-0.3, -0.25) is 14.9 Å². The predicted molar refractivity (Wildman–Crippen MR) is 56.7 cm³/mol. The van der Waals surface area contributed by atoms with Crippen molar-refractivity contribution < 1.29 is 9.21 Å². The molecule has 0 unspecified atom stereocenters. The Morgan fingerprint density at radius 3 is 3.12 bits per heavy atom. The molecule has 0 aromatic carbocycles. The van der Waals surface area contributed by atoms with Gasteiger partial charge in [-0.05, 0) is 6.07 Å². The van der Waals surface area contributed by atoms with E-state index >= 15 is 0 Å². The molecular weight excluding hydrogens is 232 g/mol. The fourth-order valence-electron chi connectivity index (χ4n) is 1.25. The molecule has 84 valence electrons. The van der Waals surface area contributed by atoms with Crippen LogP contribution in [-0.2, 0) is 6.54 Å². The lowest BCUT2D eigenvalue weighted by Gasteiger charge is -1.95. The molecule has 0 atom stereocenters. The number of furan rings is 1. The summed E-state index contributed by atoms with van der Waals surface area (Å²) >= 11 is 5.71. The van der Waals surface area contributed by atoms with E-state index in [9.17, 15) is 4.79 Å². The molecule has 0 aliphatic carbocycles. The van der Waals surface area contributed by atoms with Gasteiger partial charge in [0.25, 0.3) is 5.91 Å². The first-order valence-corrected chi connectivity index (χ1v) is 4.83. The highest BCUT2D eigenvalue weighted by Crippen LogP contribution is 2.11. The number of nitrogen functional groups attached to an aromatic ring is 1. The molecular formula is C9H9ClN4O2. The summed E-state index contributed by atoms with van der Waals surface area (Å²) in [6, 6.07) is 1.60. The van der Waals surface area contributed by atoms with Crippen molar-refractivity contribution in [1.82, 2.24) is 15.2 Å². The first-order chi connectivity index (χ1) is 7.69. The molecule has 2 aromatic rings. The zero-order chi connectivity index (χ0) is 11.5. The Balaban J connectivity index is 2.11. The molecule has 7 heteroatoms. The lowest BCUT2D eigenvalue weighted by atomic mass is 10.3. The fourth-order valence-corrected chi connectivity index (χ4v) is 1.41. The maximum atomic E-state index is 11.1. The number of nitrogens with zero attached hydrogens (tertiary/aromatic N) is 2. The third-order valence-electron chi connectivity index (χ3n) is 1.97. The Morgan fingerprint density at radius 2 is 2.50 bits per heavy atom. The van der Waals surface area contributed by atoms with E-state index < -0.39 is 5.91 Å². The maximum absolute atomic E-state index is 11.1. The first kappa shape index (κ1) is 10.7. The summed E-state index contributed by atoms with van der Waals surface area (Å²) in [6.07, 6.45) is 4.52. The second-order valence-electron chi connectivity index (χ2n) is 3.13. The molecule has 0 saturated heterocycles. The summed E-state index contributed by atoms with van der Waals surface area (Å²) in [4.78, 5) is 11.1. The number of carbonyl (C=O) groups excluding carboxylic acids is 1. The van der Waals surface area contributed by atoms with Crippen molar-refractivity contribution in [3.8, 4) is 0 Å². The van der Waals surface area contributed by atoms with Gasteiger partial charge in [-0.15, -0.1) is 0 Å². The summed E-state index contributed by atoms with van der Waals surface area (Å²) < 4.78 is 6.78.